The molecule has 3 heterocycles. The zero-order valence-electron chi connectivity index (χ0n) is 17.9. The van der Waals surface area contributed by atoms with E-state index in [9.17, 15) is 9.59 Å². The number of rotatable bonds is 3. The predicted octanol–water partition coefficient (Wildman–Crippen LogP) is 3.30. The van der Waals surface area contributed by atoms with E-state index in [-0.39, 0.29) is 24.0 Å². The zero-order chi connectivity index (χ0) is 21.2. The van der Waals surface area contributed by atoms with Gasteiger partial charge in [-0.2, -0.15) is 0 Å². The molecule has 6 nitrogen and oxygen atoms in total. The smallest absolute Gasteiger partial charge is 0.254 e. The second-order valence-corrected chi connectivity index (χ2v) is 8.87. The number of fused-ring (bicyclic) bond motifs is 1. The number of carbonyl (C=O) groups is 2. The highest BCUT2D eigenvalue weighted by Crippen LogP contribution is 2.29. The third-order valence-corrected chi connectivity index (χ3v) is 7.04. The van der Waals surface area contributed by atoms with Crippen molar-refractivity contribution in [2.45, 2.75) is 32.0 Å². The van der Waals surface area contributed by atoms with E-state index in [1.165, 1.54) is 0 Å². The number of hydrogen-bond donors (Lipinski definition) is 0. The quantitative estimate of drug-likeness (QED) is 0.762. The van der Waals surface area contributed by atoms with Crippen LogP contribution in [0, 0.1) is 11.8 Å². The van der Waals surface area contributed by atoms with E-state index >= 15 is 0 Å². The van der Waals surface area contributed by atoms with Crippen LogP contribution >= 0.6 is 0 Å². The number of carbonyl (C=O) groups excluding carboxylic acids is 2. The lowest BCUT2D eigenvalue weighted by Crippen LogP contribution is -2.47. The number of amides is 2. The van der Waals surface area contributed by atoms with Gasteiger partial charge in [-0.25, -0.2) is 0 Å². The fourth-order valence-electron chi connectivity index (χ4n) is 5.21. The Hall–Kier alpha value is -2.44. The van der Waals surface area contributed by atoms with E-state index in [2.05, 4.69) is 0 Å². The highest BCUT2D eigenvalue weighted by molar-refractivity contribution is 6.07. The van der Waals surface area contributed by atoms with Crippen LogP contribution in [0.1, 0.15) is 36.0 Å². The van der Waals surface area contributed by atoms with Crippen LogP contribution in [0.2, 0.25) is 0 Å². The van der Waals surface area contributed by atoms with E-state index < -0.39 is 0 Å². The lowest BCUT2D eigenvalue weighted by Gasteiger charge is -2.38. The highest BCUT2D eigenvalue weighted by atomic mass is 16.7. The van der Waals surface area contributed by atoms with Crippen molar-refractivity contribution in [3.8, 4) is 0 Å². The highest BCUT2D eigenvalue weighted by Gasteiger charge is 2.35. The summed E-state index contributed by atoms with van der Waals surface area (Å²) in [5, 5.41) is 2.07. The van der Waals surface area contributed by atoms with Crippen molar-refractivity contribution in [2.24, 2.45) is 11.8 Å². The number of hydrogen-bond acceptors (Lipinski definition) is 4. The molecule has 0 unspecified atom stereocenters. The number of ether oxygens (including phenoxy) is 2. The summed E-state index contributed by atoms with van der Waals surface area (Å²) in [6, 6.07) is 13.9. The molecule has 164 valence electrons. The molecular formula is C25H30N2O4. The molecule has 2 amide bonds. The van der Waals surface area contributed by atoms with Gasteiger partial charge in [0.2, 0.25) is 5.91 Å². The second-order valence-electron chi connectivity index (χ2n) is 8.87. The van der Waals surface area contributed by atoms with Crippen LogP contribution in [-0.4, -0.2) is 67.3 Å². The van der Waals surface area contributed by atoms with E-state index in [0.717, 1.165) is 55.1 Å². The first-order chi connectivity index (χ1) is 15.2. The van der Waals surface area contributed by atoms with Gasteiger partial charge in [-0.1, -0.05) is 36.4 Å². The van der Waals surface area contributed by atoms with E-state index in [0.29, 0.717) is 32.2 Å². The Balaban J connectivity index is 1.16. The van der Waals surface area contributed by atoms with Crippen LogP contribution in [-0.2, 0) is 14.3 Å². The van der Waals surface area contributed by atoms with Gasteiger partial charge in [-0.3, -0.25) is 9.59 Å². The van der Waals surface area contributed by atoms with Crippen LogP contribution in [0.3, 0.4) is 0 Å². The Labute approximate surface area is 183 Å². The second kappa shape index (κ2) is 8.97. The van der Waals surface area contributed by atoms with Gasteiger partial charge in [0.05, 0.1) is 13.2 Å². The molecule has 6 heteroatoms. The molecule has 0 saturated carbocycles. The first-order valence-corrected chi connectivity index (χ1v) is 11.5. The van der Waals surface area contributed by atoms with Crippen molar-refractivity contribution in [1.29, 1.82) is 0 Å². The molecule has 0 bridgehead atoms. The maximum atomic E-state index is 13.2. The Bertz CT molecular complexity index is 934. The third kappa shape index (κ3) is 4.19. The number of piperidine rings is 2. The molecule has 0 N–H and O–H groups in total. The summed E-state index contributed by atoms with van der Waals surface area (Å²) in [7, 11) is 0. The number of benzene rings is 2. The monoisotopic (exact) mass is 422 g/mol. The summed E-state index contributed by atoms with van der Waals surface area (Å²) in [6.07, 6.45) is 3.28. The lowest BCUT2D eigenvalue weighted by atomic mass is 9.91. The van der Waals surface area contributed by atoms with Gasteiger partial charge in [-0.15, -0.1) is 0 Å². The minimum absolute atomic E-state index is 0.0205. The van der Waals surface area contributed by atoms with Crippen LogP contribution in [0.4, 0.5) is 0 Å². The first-order valence-electron chi connectivity index (χ1n) is 11.5. The summed E-state index contributed by atoms with van der Waals surface area (Å²) >= 11 is 0. The molecule has 3 aliphatic rings. The third-order valence-electron chi connectivity index (χ3n) is 7.04. The van der Waals surface area contributed by atoms with Crippen molar-refractivity contribution in [3.05, 3.63) is 48.0 Å². The van der Waals surface area contributed by atoms with Gasteiger partial charge in [-0.05, 0) is 42.5 Å². The van der Waals surface area contributed by atoms with Gasteiger partial charge in [0, 0.05) is 43.6 Å². The van der Waals surface area contributed by atoms with E-state index in [1.807, 2.05) is 52.3 Å². The van der Waals surface area contributed by atoms with Crippen LogP contribution in [0.5, 0.6) is 0 Å². The standard InChI is InChI=1S/C25H30N2O4/c28-23(26-14-10-20(11-15-26)25-30-16-17-31-25)19-8-12-27(13-9-19)24(29)22-7-3-5-18-4-1-2-6-21(18)22/h1-7,19-20,25H,8-17H2. The normalized spacial score (nSPS) is 21.7. The minimum Gasteiger partial charge on any atom is -0.350 e. The maximum Gasteiger partial charge on any atom is 0.254 e. The molecule has 2 aromatic rings. The Morgan fingerprint density at radius 2 is 1.42 bits per heavy atom. The molecular weight excluding hydrogens is 392 g/mol. The number of nitrogens with zero attached hydrogens (tertiary/aromatic N) is 2. The summed E-state index contributed by atoms with van der Waals surface area (Å²) in [4.78, 5) is 30.1. The van der Waals surface area contributed by atoms with E-state index in [1.54, 1.807) is 0 Å². The van der Waals surface area contributed by atoms with Gasteiger partial charge >= 0.3 is 0 Å². The average molecular weight is 423 g/mol. The van der Waals surface area contributed by atoms with Crippen molar-refractivity contribution >= 4 is 22.6 Å². The van der Waals surface area contributed by atoms with Crippen LogP contribution < -0.4 is 0 Å². The molecule has 0 atom stereocenters. The summed E-state index contributed by atoms with van der Waals surface area (Å²) < 4.78 is 11.3. The van der Waals surface area contributed by atoms with Gasteiger partial charge in [0.15, 0.2) is 6.29 Å². The minimum atomic E-state index is -0.0828. The molecule has 0 spiro atoms. The van der Waals surface area contributed by atoms with Crippen molar-refractivity contribution in [2.75, 3.05) is 39.4 Å². The summed E-state index contributed by atoms with van der Waals surface area (Å²) in [6.45, 7) is 4.20. The fourth-order valence-corrected chi connectivity index (χ4v) is 5.21. The van der Waals surface area contributed by atoms with Crippen LogP contribution in [0.15, 0.2) is 42.5 Å². The molecule has 0 aromatic heterocycles. The predicted molar refractivity (Wildman–Crippen MR) is 118 cm³/mol. The Kier molecular flexibility index (Phi) is 5.92. The van der Waals surface area contributed by atoms with Crippen molar-refractivity contribution < 1.29 is 19.1 Å². The first kappa shape index (κ1) is 20.5. The largest absolute Gasteiger partial charge is 0.350 e. The van der Waals surface area contributed by atoms with Gasteiger partial charge < -0.3 is 19.3 Å². The lowest BCUT2D eigenvalue weighted by molar-refractivity contribution is -0.142. The Morgan fingerprint density at radius 1 is 0.774 bits per heavy atom. The zero-order valence-corrected chi connectivity index (χ0v) is 17.9. The average Bonchev–Trinajstić information content (AvgIpc) is 3.38. The molecule has 2 aromatic carbocycles. The summed E-state index contributed by atoms with van der Waals surface area (Å²) in [5.41, 5.74) is 0.751. The maximum absolute atomic E-state index is 13.2. The number of likely N-dealkylation sites (tertiary alicyclic amines) is 2. The summed E-state index contributed by atoms with van der Waals surface area (Å²) in [5.74, 6) is 0.739. The van der Waals surface area contributed by atoms with Crippen molar-refractivity contribution in [3.63, 3.8) is 0 Å². The molecule has 3 saturated heterocycles. The molecule has 5 rings (SSSR count). The molecule has 3 aliphatic heterocycles. The molecule has 31 heavy (non-hydrogen) atoms. The van der Waals surface area contributed by atoms with Crippen LogP contribution in [0.25, 0.3) is 10.8 Å². The SMILES string of the molecule is O=C(c1cccc2ccccc12)N1CCC(C(=O)N2CCC(C3OCCO3)CC2)CC1. The fraction of sp³-hybridized carbons (Fsp3) is 0.520. The van der Waals surface area contributed by atoms with Gasteiger partial charge in [0.1, 0.15) is 0 Å². The molecule has 0 aliphatic carbocycles. The molecule has 3 fully saturated rings. The van der Waals surface area contributed by atoms with E-state index in [4.69, 9.17) is 9.47 Å². The van der Waals surface area contributed by atoms with Crippen molar-refractivity contribution in [1.82, 2.24) is 9.80 Å². The Morgan fingerprint density at radius 3 is 2.16 bits per heavy atom. The van der Waals surface area contributed by atoms with Gasteiger partial charge in [0.25, 0.3) is 5.91 Å². The molecule has 0 radical (unpaired) electrons. The topological polar surface area (TPSA) is 59.1 Å².